The fourth-order valence-electron chi connectivity index (χ4n) is 3.18. The second-order valence-electron chi connectivity index (χ2n) is 6.22. The number of Topliss-reactive ketones (excluding diaryl/α,β-unsaturated/α-hetero) is 1. The Hall–Kier alpha value is -1.61. The van der Waals surface area contributed by atoms with E-state index in [0.29, 0.717) is 11.7 Å². The number of hydrogen-bond acceptors (Lipinski definition) is 3. The molecule has 0 bridgehead atoms. The summed E-state index contributed by atoms with van der Waals surface area (Å²) in [5, 5.41) is 4.34. The highest BCUT2D eigenvalue weighted by molar-refractivity contribution is 6.01. The van der Waals surface area contributed by atoms with Crippen molar-refractivity contribution in [2.24, 2.45) is 11.3 Å². The van der Waals surface area contributed by atoms with Crippen molar-refractivity contribution >= 4 is 16.8 Å². The molecule has 3 heteroatoms. The highest BCUT2D eigenvalue weighted by Crippen LogP contribution is 2.38. The number of rotatable bonds is 3. The molecule has 1 aliphatic heterocycles. The minimum atomic E-state index is -0.317. The highest BCUT2D eigenvalue weighted by atomic mass is 16.3. The maximum absolute atomic E-state index is 12.9. The molecular formula is C17H21NO2. The molecule has 0 saturated carbocycles. The van der Waals surface area contributed by atoms with Gasteiger partial charge in [0.15, 0.2) is 5.76 Å². The first-order chi connectivity index (χ1) is 9.53. The lowest BCUT2D eigenvalue weighted by Crippen LogP contribution is -2.38. The van der Waals surface area contributed by atoms with Crippen LogP contribution in [0.5, 0.6) is 0 Å². The number of nitrogens with one attached hydrogen (secondary N) is 1. The van der Waals surface area contributed by atoms with E-state index in [-0.39, 0.29) is 11.2 Å². The van der Waals surface area contributed by atoms with Crippen molar-refractivity contribution in [1.82, 2.24) is 5.32 Å². The average molecular weight is 271 g/mol. The number of ketones is 1. The molecule has 1 fully saturated rings. The van der Waals surface area contributed by atoms with Crippen LogP contribution < -0.4 is 5.32 Å². The van der Waals surface area contributed by atoms with E-state index >= 15 is 0 Å². The molecule has 3 rings (SSSR count). The molecular weight excluding hydrogens is 250 g/mol. The van der Waals surface area contributed by atoms with E-state index in [1.54, 1.807) is 0 Å². The lowest BCUT2D eigenvalue weighted by Gasteiger charge is -2.29. The van der Waals surface area contributed by atoms with Gasteiger partial charge >= 0.3 is 0 Å². The number of carbonyl (C=O) groups excluding carboxylic acids is 1. The molecule has 3 nitrogen and oxygen atoms in total. The predicted octanol–water partition coefficient (Wildman–Crippen LogP) is 3.56. The number of fused-ring (bicyclic) bond motifs is 1. The summed E-state index contributed by atoms with van der Waals surface area (Å²) in [6.45, 7) is 7.95. The second-order valence-corrected chi connectivity index (χ2v) is 6.22. The minimum Gasteiger partial charge on any atom is -0.453 e. The highest BCUT2D eigenvalue weighted by Gasteiger charge is 2.45. The number of furan rings is 1. The molecule has 1 saturated heterocycles. The van der Waals surface area contributed by atoms with E-state index in [1.165, 1.54) is 5.56 Å². The van der Waals surface area contributed by atoms with Crippen LogP contribution in [0.15, 0.2) is 28.7 Å². The van der Waals surface area contributed by atoms with Crippen molar-refractivity contribution in [3.05, 3.63) is 35.6 Å². The van der Waals surface area contributed by atoms with Crippen LogP contribution in [0.2, 0.25) is 0 Å². The Morgan fingerprint density at radius 2 is 2.15 bits per heavy atom. The first-order valence-corrected chi connectivity index (χ1v) is 7.29. The lowest BCUT2D eigenvalue weighted by atomic mass is 9.72. The molecule has 1 aromatic heterocycles. The standard InChI is InChI=1S/C17H21NO2/c1-11(2)17(6-7-18-10-17)16(19)15-9-13-8-12(3)4-5-14(13)20-15/h4-5,8-9,11,18H,6-7,10H2,1-3H3. The van der Waals surface area contributed by atoms with Crippen LogP contribution in [-0.2, 0) is 0 Å². The SMILES string of the molecule is Cc1ccc2oc(C(=O)C3(C(C)C)CCNC3)cc2c1. The van der Waals surface area contributed by atoms with Gasteiger partial charge in [-0.3, -0.25) is 4.79 Å². The number of benzene rings is 1. The molecule has 1 N–H and O–H groups in total. The number of carbonyl (C=O) groups is 1. The Morgan fingerprint density at radius 3 is 2.80 bits per heavy atom. The zero-order valence-electron chi connectivity index (χ0n) is 12.3. The third-order valence-electron chi connectivity index (χ3n) is 4.64. The maximum atomic E-state index is 12.9. The molecule has 0 radical (unpaired) electrons. The molecule has 1 atom stereocenters. The van der Waals surface area contributed by atoms with Gasteiger partial charge in [-0.1, -0.05) is 25.5 Å². The summed E-state index contributed by atoms with van der Waals surface area (Å²) in [7, 11) is 0. The molecule has 1 unspecified atom stereocenters. The van der Waals surface area contributed by atoms with E-state index in [1.807, 2.05) is 25.1 Å². The third-order valence-corrected chi connectivity index (χ3v) is 4.64. The molecule has 2 heterocycles. The molecule has 0 spiro atoms. The van der Waals surface area contributed by atoms with Gasteiger partial charge < -0.3 is 9.73 Å². The van der Waals surface area contributed by atoms with Gasteiger partial charge in [0.25, 0.3) is 0 Å². The predicted molar refractivity (Wildman–Crippen MR) is 80.0 cm³/mol. The van der Waals surface area contributed by atoms with Gasteiger partial charge in [0.05, 0.1) is 5.41 Å². The Balaban J connectivity index is 2.03. The van der Waals surface area contributed by atoms with Crippen molar-refractivity contribution in [2.75, 3.05) is 13.1 Å². The molecule has 1 aliphatic rings. The summed E-state index contributed by atoms with van der Waals surface area (Å²) in [6.07, 6.45) is 0.888. The van der Waals surface area contributed by atoms with Gasteiger partial charge in [-0.25, -0.2) is 0 Å². The van der Waals surface area contributed by atoms with E-state index in [0.717, 1.165) is 30.5 Å². The van der Waals surface area contributed by atoms with Crippen molar-refractivity contribution in [3.63, 3.8) is 0 Å². The first-order valence-electron chi connectivity index (χ1n) is 7.29. The van der Waals surface area contributed by atoms with Crippen molar-refractivity contribution in [1.29, 1.82) is 0 Å². The summed E-state index contributed by atoms with van der Waals surface area (Å²) in [5.74, 6) is 0.953. The monoisotopic (exact) mass is 271 g/mol. The summed E-state index contributed by atoms with van der Waals surface area (Å²) in [5.41, 5.74) is 1.66. The van der Waals surface area contributed by atoms with Gasteiger partial charge in [-0.15, -0.1) is 0 Å². The molecule has 1 aromatic carbocycles. The van der Waals surface area contributed by atoms with Crippen LogP contribution in [0.25, 0.3) is 11.0 Å². The quantitative estimate of drug-likeness (QED) is 0.868. The summed E-state index contributed by atoms with van der Waals surface area (Å²) in [6, 6.07) is 7.91. The Bertz CT molecular complexity index is 648. The van der Waals surface area contributed by atoms with Gasteiger partial charge in [0, 0.05) is 11.9 Å². The Labute approximate surface area is 119 Å². The molecule has 20 heavy (non-hydrogen) atoms. The van der Waals surface area contributed by atoms with Crippen LogP contribution in [0.3, 0.4) is 0 Å². The fourth-order valence-corrected chi connectivity index (χ4v) is 3.18. The summed E-state index contributed by atoms with van der Waals surface area (Å²) < 4.78 is 5.80. The van der Waals surface area contributed by atoms with Crippen LogP contribution in [0.4, 0.5) is 0 Å². The van der Waals surface area contributed by atoms with Crippen LogP contribution in [0, 0.1) is 18.3 Å². The van der Waals surface area contributed by atoms with Gasteiger partial charge in [0.2, 0.25) is 5.78 Å². The van der Waals surface area contributed by atoms with Gasteiger partial charge in [-0.05, 0) is 44.0 Å². The third kappa shape index (κ3) is 1.97. The minimum absolute atomic E-state index is 0.145. The average Bonchev–Trinajstić information content (AvgIpc) is 3.04. The first kappa shape index (κ1) is 13.4. The summed E-state index contributed by atoms with van der Waals surface area (Å²) >= 11 is 0. The topological polar surface area (TPSA) is 42.2 Å². The fraction of sp³-hybridized carbons (Fsp3) is 0.471. The Kier molecular flexibility index (Phi) is 3.17. The zero-order chi connectivity index (χ0) is 14.3. The van der Waals surface area contributed by atoms with Crippen LogP contribution in [0.1, 0.15) is 36.4 Å². The van der Waals surface area contributed by atoms with Crippen LogP contribution in [-0.4, -0.2) is 18.9 Å². The number of aryl methyl sites for hydroxylation is 1. The maximum Gasteiger partial charge on any atom is 0.205 e. The molecule has 0 amide bonds. The van der Waals surface area contributed by atoms with Crippen molar-refractivity contribution in [2.45, 2.75) is 27.2 Å². The van der Waals surface area contributed by atoms with Crippen LogP contribution >= 0.6 is 0 Å². The lowest BCUT2D eigenvalue weighted by molar-refractivity contribution is 0.0711. The van der Waals surface area contributed by atoms with E-state index < -0.39 is 0 Å². The van der Waals surface area contributed by atoms with Gasteiger partial charge in [-0.2, -0.15) is 0 Å². The van der Waals surface area contributed by atoms with Gasteiger partial charge in [0.1, 0.15) is 5.58 Å². The largest absolute Gasteiger partial charge is 0.453 e. The van der Waals surface area contributed by atoms with Crippen molar-refractivity contribution < 1.29 is 9.21 Å². The Morgan fingerprint density at radius 1 is 1.35 bits per heavy atom. The number of hydrogen-bond donors (Lipinski definition) is 1. The van der Waals surface area contributed by atoms with E-state index in [2.05, 4.69) is 25.2 Å². The van der Waals surface area contributed by atoms with Crippen molar-refractivity contribution in [3.8, 4) is 0 Å². The molecule has 0 aliphatic carbocycles. The van der Waals surface area contributed by atoms with E-state index in [9.17, 15) is 4.79 Å². The zero-order valence-corrected chi connectivity index (χ0v) is 12.3. The molecule has 2 aromatic rings. The normalized spacial score (nSPS) is 22.8. The van der Waals surface area contributed by atoms with E-state index in [4.69, 9.17) is 4.42 Å². The molecule has 106 valence electrons. The summed E-state index contributed by atoms with van der Waals surface area (Å²) in [4.78, 5) is 12.9. The smallest absolute Gasteiger partial charge is 0.205 e. The second kappa shape index (κ2) is 4.74.